The highest BCUT2D eigenvalue weighted by Gasteiger charge is 2.10. The standard InChI is InChI=1S/C11H13ClN4S/c1-7-14-11(16-15-7)17-10-5-3-4-9(12)8(10)6-13-2/h3-5,13H,6H2,1-2H3,(H,14,15,16). The van der Waals surface area contributed by atoms with Gasteiger partial charge in [-0.2, -0.15) is 0 Å². The van der Waals surface area contributed by atoms with Gasteiger partial charge in [0.25, 0.3) is 0 Å². The predicted molar refractivity (Wildman–Crippen MR) is 69.5 cm³/mol. The molecule has 0 spiro atoms. The fourth-order valence-corrected chi connectivity index (χ4v) is 2.67. The van der Waals surface area contributed by atoms with E-state index in [0.29, 0.717) is 5.16 Å². The summed E-state index contributed by atoms with van der Waals surface area (Å²) in [5.74, 6) is 0.810. The first kappa shape index (κ1) is 12.4. The van der Waals surface area contributed by atoms with Crippen molar-refractivity contribution < 1.29 is 0 Å². The molecular weight excluding hydrogens is 256 g/mol. The third kappa shape index (κ3) is 3.00. The van der Waals surface area contributed by atoms with Gasteiger partial charge in [0.15, 0.2) is 0 Å². The molecule has 0 bridgehead atoms. The number of H-pyrrole nitrogens is 1. The molecule has 0 aliphatic heterocycles. The summed E-state index contributed by atoms with van der Waals surface area (Å²) in [7, 11) is 1.90. The summed E-state index contributed by atoms with van der Waals surface area (Å²) < 4.78 is 0. The predicted octanol–water partition coefficient (Wildman–Crippen LogP) is 2.64. The average molecular weight is 269 g/mol. The largest absolute Gasteiger partial charge is 0.316 e. The van der Waals surface area contributed by atoms with Crippen molar-refractivity contribution in [2.75, 3.05) is 7.05 Å². The van der Waals surface area contributed by atoms with Gasteiger partial charge in [0, 0.05) is 16.5 Å². The molecule has 0 radical (unpaired) electrons. The number of rotatable bonds is 4. The highest BCUT2D eigenvalue weighted by molar-refractivity contribution is 7.99. The van der Waals surface area contributed by atoms with Crippen LogP contribution in [0.15, 0.2) is 28.3 Å². The van der Waals surface area contributed by atoms with E-state index < -0.39 is 0 Å². The second kappa shape index (κ2) is 5.53. The molecule has 17 heavy (non-hydrogen) atoms. The van der Waals surface area contributed by atoms with Gasteiger partial charge in [-0.3, -0.25) is 5.10 Å². The van der Waals surface area contributed by atoms with Crippen molar-refractivity contribution in [3.63, 3.8) is 0 Å². The molecule has 0 unspecified atom stereocenters. The van der Waals surface area contributed by atoms with Crippen molar-refractivity contribution in [3.8, 4) is 0 Å². The van der Waals surface area contributed by atoms with Gasteiger partial charge in [-0.1, -0.05) is 17.7 Å². The van der Waals surface area contributed by atoms with E-state index in [9.17, 15) is 0 Å². The second-order valence-corrected chi connectivity index (χ2v) is 4.97. The number of benzene rings is 1. The highest BCUT2D eigenvalue weighted by atomic mass is 35.5. The summed E-state index contributed by atoms with van der Waals surface area (Å²) in [5.41, 5.74) is 1.07. The summed E-state index contributed by atoms with van der Waals surface area (Å²) in [4.78, 5) is 5.34. The average Bonchev–Trinajstić information content (AvgIpc) is 2.69. The molecule has 1 heterocycles. The Labute approximate surface area is 109 Å². The number of aromatic nitrogens is 3. The first-order valence-corrected chi connectivity index (χ1v) is 6.39. The van der Waals surface area contributed by atoms with Crippen LogP contribution in [0.25, 0.3) is 0 Å². The van der Waals surface area contributed by atoms with Crippen LogP contribution >= 0.6 is 23.4 Å². The van der Waals surface area contributed by atoms with E-state index in [4.69, 9.17) is 11.6 Å². The molecule has 2 rings (SSSR count). The quantitative estimate of drug-likeness (QED) is 0.895. The lowest BCUT2D eigenvalue weighted by molar-refractivity contribution is 0.803. The third-order valence-corrected chi connectivity index (χ3v) is 3.53. The van der Waals surface area contributed by atoms with Gasteiger partial charge in [0.1, 0.15) is 5.82 Å². The zero-order valence-electron chi connectivity index (χ0n) is 9.62. The summed E-state index contributed by atoms with van der Waals surface area (Å²) >= 11 is 7.69. The summed E-state index contributed by atoms with van der Waals surface area (Å²) in [5, 5.41) is 11.5. The molecule has 2 N–H and O–H groups in total. The minimum Gasteiger partial charge on any atom is -0.316 e. The van der Waals surface area contributed by atoms with E-state index in [1.807, 2.05) is 32.2 Å². The fraction of sp³-hybridized carbons (Fsp3) is 0.273. The lowest BCUT2D eigenvalue weighted by Gasteiger charge is -2.08. The lowest BCUT2D eigenvalue weighted by atomic mass is 10.2. The van der Waals surface area contributed by atoms with Crippen LogP contribution in [0.4, 0.5) is 0 Å². The molecule has 1 aromatic heterocycles. The number of aryl methyl sites for hydroxylation is 1. The Bertz CT molecular complexity index is 512. The van der Waals surface area contributed by atoms with Crippen LogP contribution in [0.1, 0.15) is 11.4 Å². The number of nitrogens with zero attached hydrogens (tertiary/aromatic N) is 2. The maximum Gasteiger partial charge on any atom is 0.213 e. The van der Waals surface area contributed by atoms with E-state index in [1.165, 1.54) is 11.8 Å². The zero-order chi connectivity index (χ0) is 12.3. The maximum absolute atomic E-state index is 6.18. The first-order chi connectivity index (χ1) is 8.20. The Morgan fingerprint density at radius 1 is 1.47 bits per heavy atom. The van der Waals surface area contributed by atoms with Gasteiger partial charge in [-0.05, 0) is 43.4 Å². The van der Waals surface area contributed by atoms with Crippen molar-refractivity contribution in [2.45, 2.75) is 23.5 Å². The molecule has 0 saturated carbocycles. The molecule has 0 fully saturated rings. The van der Waals surface area contributed by atoms with Crippen molar-refractivity contribution >= 4 is 23.4 Å². The molecule has 0 aliphatic carbocycles. The molecule has 1 aromatic carbocycles. The van der Waals surface area contributed by atoms with E-state index in [-0.39, 0.29) is 0 Å². The Balaban J connectivity index is 2.28. The van der Waals surface area contributed by atoms with Crippen LogP contribution in [0.2, 0.25) is 5.02 Å². The maximum atomic E-state index is 6.18. The number of hydrogen-bond donors (Lipinski definition) is 2. The van der Waals surface area contributed by atoms with Gasteiger partial charge < -0.3 is 5.32 Å². The number of nitrogens with one attached hydrogen (secondary N) is 2. The summed E-state index contributed by atoms with van der Waals surface area (Å²) in [6, 6.07) is 5.85. The van der Waals surface area contributed by atoms with E-state index in [1.54, 1.807) is 0 Å². The monoisotopic (exact) mass is 268 g/mol. The Morgan fingerprint density at radius 3 is 2.94 bits per heavy atom. The van der Waals surface area contributed by atoms with Crippen molar-refractivity contribution in [1.29, 1.82) is 0 Å². The molecule has 4 nitrogen and oxygen atoms in total. The van der Waals surface area contributed by atoms with Crippen molar-refractivity contribution in [3.05, 3.63) is 34.6 Å². The van der Waals surface area contributed by atoms with E-state index in [2.05, 4.69) is 20.5 Å². The van der Waals surface area contributed by atoms with Crippen LogP contribution < -0.4 is 5.32 Å². The third-order valence-electron chi connectivity index (χ3n) is 2.21. The van der Waals surface area contributed by atoms with Gasteiger partial charge >= 0.3 is 0 Å². The van der Waals surface area contributed by atoms with Gasteiger partial charge in [0.05, 0.1) is 0 Å². The number of halogens is 1. The van der Waals surface area contributed by atoms with E-state index >= 15 is 0 Å². The molecule has 0 amide bonds. The Hall–Kier alpha value is -1.04. The molecule has 0 saturated heterocycles. The first-order valence-electron chi connectivity index (χ1n) is 5.19. The van der Waals surface area contributed by atoms with Gasteiger partial charge in [-0.15, -0.1) is 5.10 Å². The fourth-order valence-electron chi connectivity index (χ4n) is 1.45. The number of aromatic amines is 1. The van der Waals surface area contributed by atoms with Crippen molar-refractivity contribution in [2.24, 2.45) is 0 Å². The number of hydrogen-bond acceptors (Lipinski definition) is 4. The normalized spacial score (nSPS) is 10.8. The van der Waals surface area contributed by atoms with Crippen molar-refractivity contribution in [1.82, 2.24) is 20.5 Å². The topological polar surface area (TPSA) is 53.6 Å². The Kier molecular flexibility index (Phi) is 4.04. The molecule has 0 atom stereocenters. The van der Waals surface area contributed by atoms with Crippen LogP contribution in [0.3, 0.4) is 0 Å². The zero-order valence-corrected chi connectivity index (χ0v) is 11.2. The minimum atomic E-state index is 0.710. The SMILES string of the molecule is CNCc1c(Cl)cccc1Sc1n[nH]c(C)n1. The molecule has 0 aliphatic rings. The highest BCUT2D eigenvalue weighted by Crippen LogP contribution is 2.31. The summed E-state index contributed by atoms with van der Waals surface area (Å²) in [6.45, 7) is 2.61. The summed E-state index contributed by atoms with van der Waals surface area (Å²) in [6.07, 6.45) is 0. The van der Waals surface area contributed by atoms with Crippen LogP contribution in [-0.4, -0.2) is 22.2 Å². The molecule has 6 heteroatoms. The smallest absolute Gasteiger partial charge is 0.213 e. The van der Waals surface area contributed by atoms with Gasteiger partial charge in [0.2, 0.25) is 5.16 Å². The van der Waals surface area contributed by atoms with Gasteiger partial charge in [-0.25, -0.2) is 4.98 Å². The molecule has 2 aromatic rings. The van der Waals surface area contributed by atoms with Crippen LogP contribution in [0, 0.1) is 6.92 Å². The minimum absolute atomic E-state index is 0.710. The Morgan fingerprint density at radius 2 is 2.29 bits per heavy atom. The van der Waals surface area contributed by atoms with Crippen LogP contribution in [0.5, 0.6) is 0 Å². The lowest BCUT2D eigenvalue weighted by Crippen LogP contribution is -2.06. The van der Waals surface area contributed by atoms with Crippen LogP contribution in [-0.2, 0) is 6.54 Å². The molecular formula is C11H13ClN4S. The van der Waals surface area contributed by atoms with E-state index in [0.717, 1.165) is 27.9 Å². The molecule has 90 valence electrons. The second-order valence-electron chi connectivity index (χ2n) is 3.55.